The fourth-order valence-corrected chi connectivity index (χ4v) is 2.65. The molecule has 0 aliphatic carbocycles. The second kappa shape index (κ2) is 5.37. The first-order valence-corrected chi connectivity index (χ1v) is 6.65. The smallest absolute Gasteiger partial charge is 0.183 e. The number of nitrogens with zero attached hydrogens (tertiary/aromatic N) is 5. The number of aliphatic hydroxyl groups excluding tert-OH is 2. The Kier molecular flexibility index (Phi) is 3.63. The molecule has 122 valence electrons. The Morgan fingerprint density at radius 1 is 1.52 bits per heavy atom. The molecule has 0 spiro atoms. The standard InChI is InChI=1S/C12H14N6O5/c1-12(21)8(20)6(3-19)23-11(12)18-10-7(5(2-13)16-18)9(17-22)14-4-15-10/h4,6,8,11,19-22H,3H2,1H3,(H,14,15,17). The predicted molar refractivity (Wildman–Crippen MR) is 73.1 cm³/mol. The molecule has 11 heteroatoms. The van der Waals surface area contributed by atoms with Crippen molar-refractivity contribution in [1.29, 1.82) is 5.26 Å². The minimum atomic E-state index is -1.78. The highest BCUT2D eigenvalue weighted by Crippen LogP contribution is 2.39. The third-order valence-electron chi connectivity index (χ3n) is 3.86. The Bertz CT molecular complexity index is 784. The lowest BCUT2D eigenvalue weighted by Gasteiger charge is -2.26. The molecular formula is C12H14N6O5. The maximum atomic E-state index is 10.5. The van der Waals surface area contributed by atoms with Crippen LogP contribution in [0.3, 0.4) is 0 Å². The number of hydrogen-bond acceptors (Lipinski definition) is 10. The lowest BCUT2D eigenvalue weighted by Crippen LogP contribution is -2.44. The van der Waals surface area contributed by atoms with Crippen molar-refractivity contribution in [3.8, 4) is 6.07 Å². The lowest BCUT2D eigenvalue weighted by atomic mass is 9.97. The molecule has 1 aliphatic rings. The van der Waals surface area contributed by atoms with E-state index in [1.807, 2.05) is 11.5 Å². The predicted octanol–water partition coefficient (Wildman–Crippen LogP) is -1.50. The molecule has 3 rings (SSSR count). The van der Waals surface area contributed by atoms with Crippen LogP contribution in [-0.2, 0) is 4.74 Å². The Balaban J connectivity index is 2.20. The molecular weight excluding hydrogens is 308 g/mol. The summed E-state index contributed by atoms with van der Waals surface area (Å²) in [5, 5.41) is 52.3. The quantitative estimate of drug-likeness (QED) is 0.419. The van der Waals surface area contributed by atoms with Gasteiger partial charge in [0.25, 0.3) is 0 Å². The third kappa shape index (κ3) is 2.12. The zero-order chi connectivity index (χ0) is 16.8. The summed E-state index contributed by atoms with van der Waals surface area (Å²) in [6.45, 7) is 0.820. The molecule has 0 amide bonds. The fourth-order valence-electron chi connectivity index (χ4n) is 2.65. The Labute approximate surface area is 129 Å². The molecule has 0 aromatic carbocycles. The van der Waals surface area contributed by atoms with Crippen LogP contribution in [0.1, 0.15) is 18.8 Å². The third-order valence-corrected chi connectivity index (χ3v) is 3.86. The number of anilines is 1. The van der Waals surface area contributed by atoms with E-state index >= 15 is 0 Å². The number of aromatic nitrogens is 4. The van der Waals surface area contributed by atoms with Crippen molar-refractivity contribution in [2.24, 2.45) is 0 Å². The van der Waals surface area contributed by atoms with Crippen molar-refractivity contribution >= 4 is 16.9 Å². The van der Waals surface area contributed by atoms with Gasteiger partial charge in [0.2, 0.25) is 0 Å². The van der Waals surface area contributed by atoms with E-state index in [0.29, 0.717) is 0 Å². The van der Waals surface area contributed by atoms with Gasteiger partial charge in [0, 0.05) is 0 Å². The average Bonchev–Trinajstić information content (AvgIpc) is 3.03. The number of nitrogens with one attached hydrogen (secondary N) is 1. The summed E-state index contributed by atoms with van der Waals surface area (Å²) in [7, 11) is 0. The summed E-state index contributed by atoms with van der Waals surface area (Å²) in [6, 6.07) is 1.84. The number of rotatable bonds is 3. The molecule has 2 aromatic rings. The van der Waals surface area contributed by atoms with Gasteiger partial charge in [0.15, 0.2) is 23.4 Å². The van der Waals surface area contributed by atoms with Gasteiger partial charge in [0.05, 0.1) is 6.61 Å². The van der Waals surface area contributed by atoms with Gasteiger partial charge in [-0.25, -0.2) is 14.6 Å². The van der Waals surface area contributed by atoms with Crippen LogP contribution in [0, 0.1) is 11.3 Å². The Hall–Kier alpha value is -2.36. The van der Waals surface area contributed by atoms with Gasteiger partial charge in [-0.15, -0.1) is 0 Å². The molecule has 1 fully saturated rings. The first kappa shape index (κ1) is 15.5. The first-order chi connectivity index (χ1) is 11.0. The van der Waals surface area contributed by atoms with Gasteiger partial charge in [0.1, 0.15) is 35.6 Å². The van der Waals surface area contributed by atoms with E-state index in [-0.39, 0.29) is 22.5 Å². The lowest BCUT2D eigenvalue weighted by molar-refractivity contribution is -0.100. The van der Waals surface area contributed by atoms with E-state index < -0.39 is 30.6 Å². The Morgan fingerprint density at radius 2 is 2.26 bits per heavy atom. The second-order valence-electron chi connectivity index (χ2n) is 5.32. The highest BCUT2D eigenvalue weighted by atomic mass is 16.6. The number of fused-ring (bicyclic) bond motifs is 1. The van der Waals surface area contributed by atoms with Gasteiger partial charge in [-0.3, -0.25) is 10.7 Å². The van der Waals surface area contributed by atoms with E-state index in [1.54, 1.807) is 0 Å². The van der Waals surface area contributed by atoms with Crippen molar-refractivity contribution in [3.63, 3.8) is 0 Å². The van der Waals surface area contributed by atoms with Crippen LogP contribution in [0.15, 0.2) is 6.33 Å². The molecule has 5 N–H and O–H groups in total. The molecule has 0 saturated carbocycles. The van der Waals surface area contributed by atoms with Gasteiger partial charge in [-0.1, -0.05) is 0 Å². The van der Waals surface area contributed by atoms with E-state index in [2.05, 4.69) is 15.1 Å². The van der Waals surface area contributed by atoms with Crippen LogP contribution >= 0.6 is 0 Å². The summed E-state index contributed by atoms with van der Waals surface area (Å²) in [6.07, 6.45) is -2.44. The zero-order valence-corrected chi connectivity index (χ0v) is 11.9. The van der Waals surface area contributed by atoms with Gasteiger partial charge in [-0.2, -0.15) is 10.4 Å². The highest BCUT2D eigenvalue weighted by Gasteiger charge is 2.54. The topological polar surface area (TPSA) is 170 Å². The van der Waals surface area contributed by atoms with Crippen LogP contribution in [0.5, 0.6) is 0 Å². The van der Waals surface area contributed by atoms with Crippen molar-refractivity contribution in [2.75, 3.05) is 12.1 Å². The minimum Gasteiger partial charge on any atom is -0.394 e. The number of aliphatic hydroxyl groups is 3. The van der Waals surface area contributed by atoms with Gasteiger partial charge >= 0.3 is 0 Å². The van der Waals surface area contributed by atoms with Crippen LogP contribution in [0.2, 0.25) is 0 Å². The summed E-state index contributed by atoms with van der Waals surface area (Å²) < 4.78 is 6.58. The molecule has 0 radical (unpaired) electrons. The summed E-state index contributed by atoms with van der Waals surface area (Å²) in [5.41, 5.74) is 0.0852. The van der Waals surface area contributed by atoms with Crippen LogP contribution in [0.25, 0.3) is 11.0 Å². The molecule has 1 aliphatic heterocycles. The van der Waals surface area contributed by atoms with E-state index in [1.165, 1.54) is 6.92 Å². The summed E-state index contributed by atoms with van der Waals surface area (Å²) in [4.78, 5) is 7.78. The van der Waals surface area contributed by atoms with Crippen molar-refractivity contribution in [1.82, 2.24) is 19.7 Å². The van der Waals surface area contributed by atoms with E-state index in [0.717, 1.165) is 11.0 Å². The van der Waals surface area contributed by atoms with Crippen LogP contribution < -0.4 is 5.48 Å². The summed E-state index contributed by atoms with van der Waals surface area (Å²) >= 11 is 0. The molecule has 1 saturated heterocycles. The SMILES string of the molecule is CC1(O)C(O)C(CO)OC1n1nc(C#N)c2c(NO)ncnc21. The highest BCUT2D eigenvalue weighted by molar-refractivity contribution is 5.90. The van der Waals surface area contributed by atoms with Crippen molar-refractivity contribution in [2.45, 2.75) is 31.0 Å². The van der Waals surface area contributed by atoms with Crippen molar-refractivity contribution in [3.05, 3.63) is 12.0 Å². The molecule has 4 unspecified atom stereocenters. The van der Waals surface area contributed by atoms with Crippen LogP contribution in [0.4, 0.5) is 5.82 Å². The van der Waals surface area contributed by atoms with Gasteiger partial charge < -0.3 is 20.1 Å². The average molecular weight is 322 g/mol. The zero-order valence-electron chi connectivity index (χ0n) is 11.9. The van der Waals surface area contributed by atoms with Gasteiger partial charge in [-0.05, 0) is 6.92 Å². The Morgan fingerprint density at radius 3 is 2.83 bits per heavy atom. The number of hydrogen-bond donors (Lipinski definition) is 5. The maximum absolute atomic E-state index is 10.5. The van der Waals surface area contributed by atoms with Crippen LogP contribution in [-0.4, -0.2) is 64.7 Å². The largest absolute Gasteiger partial charge is 0.394 e. The molecule has 0 bridgehead atoms. The molecule has 2 aromatic heterocycles. The van der Waals surface area contributed by atoms with Crippen molar-refractivity contribution < 1.29 is 25.3 Å². The van der Waals surface area contributed by atoms with E-state index in [9.17, 15) is 20.6 Å². The molecule has 23 heavy (non-hydrogen) atoms. The normalized spacial score (nSPS) is 30.5. The maximum Gasteiger partial charge on any atom is 0.183 e. The fraction of sp³-hybridized carbons (Fsp3) is 0.500. The summed E-state index contributed by atoms with van der Waals surface area (Å²) in [5.74, 6) is -0.0327. The first-order valence-electron chi connectivity index (χ1n) is 6.65. The second-order valence-corrected chi connectivity index (χ2v) is 5.32. The molecule has 4 atom stereocenters. The number of nitriles is 1. The number of ether oxygens (including phenoxy) is 1. The monoisotopic (exact) mass is 322 g/mol. The van der Waals surface area contributed by atoms with E-state index in [4.69, 9.17) is 9.94 Å². The molecule has 11 nitrogen and oxygen atoms in total. The molecule has 3 heterocycles. The minimum absolute atomic E-state index is 0.0327.